The number of nitrogens with one attached hydrogen (secondary N) is 1. The van der Waals surface area contributed by atoms with Crippen LogP contribution in [0.1, 0.15) is 181 Å². The van der Waals surface area contributed by atoms with E-state index in [4.69, 9.17) is 0 Å². The highest BCUT2D eigenvalue weighted by molar-refractivity contribution is 5.75. The Hall–Kier alpha value is -0.400. The zero-order valence-corrected chi connectivity index (χ0v) is 32.2. The number of likely N-dealkylation sites (N-methyl/N-ethyl adjacent to an activating group) is 1. The molecule has 0 fully saturated rings. The lowest BCUT2D eigenvalue weighted by Crippen LogP contribution is -3.00. The molecule has 278 valence electrons. The quantitative estimate of drug-likeness (QED) is 0.0561. The number of quaternary nitrogens is 1. The van der Waals surface area contributed by atoms with Crippen LogP contribution in [-0.2, 0) is 4.79 Å². The SMILES string of the molecule is CCCCCCCCCCCCCCCCCC[N+](C)(C)CC(O)CN(CCO)CCNC(=O)CCCCCCCCCCC.[Cl-]. The minimum atomic E-state index is -0.440. The number of unbranched alkanes of at least 4 members (excludes halogenated alkanes) is 23. The molecule has 0 aliphatic rings. The van der Waals surface area contributed by atoms with Gasteiger partial charge in [0, 0.05) is 32.6 Å². The summed E-state index contributed by atoms with van der Waals surface area (Å²) in [5, 5.41) is 23.4. The lowest BCUT2D eigenvalue weighted by molar-refractivity contribution is -0.893. The molecule has 0 spiro atoms. The van der Waals surface area contributed by atoms with Crippen molar-refractivity contribution in [2.24, 2.45) is 0 Å². The van der Waals surface area contributed by atoms with E-state index >= 15 is 0 Å². The summed E-state index contributed by atoms with van der Waals surface area (Å²) in [5.74, 6) is 0.124. The van der Waals surface area contributed by atoms with Crippen molar-refractivity contribution in [2.75, 3.05) is 60.0 Å². The second-order valence-corrected chi connectivity index (χ2v) is 14.8. The second-order valence-electron chi connectivity index (χ2n) is 14.8. The number of halogens is 1. The fourth-order valence-corrected chi connectivity index (χ4v) is 6.58. The highest BCUT2D eigenvalue weighted by Crippen LogP contribution is 2.15. The summed E-state index contributed by atoms with van der Waals surface area (Å²) in [4.78, 5) is 14.3. The first-order chi connectivity index (χ1) is 21.8. The van der Waals surface area contributed by atoms with Gasteiger partial charge in [0.1, 0.15) is 12.6 Å². The zero-order chi connectivity index (χ0) is 33.3. The second kappa shape index (κ2) is 35.9. The van der Waals surface area contributed by atoms with Gasteiger partial charge in [-0.1, -0.05) is 155 Å². The minimum Gasteiger partial charge on any atom is -1.00 e. The van der Waals surface area contributed by atoms with Gasteiger partial charge in [-0.05, 0) is 19.3 Å². The van der Waals surface area contributed by atoms with Crippen LogP contribution in [0.2, 0.25) is 0 Å². The average Bonchev–Trinajstić information content (AvgIpc) is 2.99. The molecule has 6 nitrogen and oxygen atoms in total. The van der Waals surface area contributed by atoms with Crippen LogP contribution in [0.25, 0.3) is 0 Å². The van der Waals surface area contributed by atoms with Crippen LogP contribution in [0.15, 0.2) is 0 Å². The van der Waals surface area contributed by atoms with Crippen LogP contribution in [0, 0.1) is 0 Å². The third kappa shape index (κ3) is 34.9. The number of carbonyl (C=O) groups is 1. The molecular formula is C39H82ClN3O3. The number of amides is 1. The van der Waals surface area contributed by atoms with Crippen molar-refractivity contribution in [1.82, 2.24) is 10.2 Å². The Kier molecular flexibility index (Phi) is 37.2. The van der Waals surface area contributed by atoms with Crippen molar-refractivity contribution >= 4 is 5.91 Å². The number of aliphatic hydroxyl groups excluding tert-OH is 2. The predicted octanol–water partition coefficient (Wildman–Crippen LogP) is 6.02. The summed E-state index contributed by atoms with van der Waals surface area (Å²) >= 11 is 0. The molecule has 7 heteroatoms. The van der Waals surface area contributed by atoms with Gasteiger partial charge in [0.2, 0.25) is 5.91 Å². The first-order valence-electron chi connectivity index (χ1n) is 19.9. The first-order valence-corrected chi connectivity index (χ1v) is 19.9. The van der Waals surface area contributed by atoms with Gasteiger partial charge in [0.05, 0.1) is 27.2 Å². The van der Waals surface area contributed by atoms with Crippen molar-refractivity contribution in [3.05, 3.63) is 0 Å². The molecule has 0 aromatic rings. The Morgan fingerprint density at radius 3 is 1.43 bits per heavy atom. The van der Waals surface area contributed by atoms with Gasteiger partial charge in [-0.2, -0.15) is 0 Å². The van der Waals surface area contributed by atoms with Gasteiger partial charge in [-0.15, -0.1) is 0 Å². The van der Waals surface area contributed by atoms with Crippen molar-refractivity contribution in [3.63, 3.8) is 0 Å². The third-order valence-corrected chi connectivity index (χ3v) is 9.46. The molecule has 1 amide bonds. The van der Waals surface area contributed by atoms with E-state index in [1.807, 2.05) is 0 Å². The monoisotopic (exact) mass is 676 g/mol. The summed E-state index contributed by atoms with van der Waals surface area (Å²) < 4.78 is 0.822. The highest BCUT2D eigenvalue weighted by atomic mass is 35.5. The average molecular weight is 677 g/mol. The molecule has 0 aromatic heterocycles. The summed E-state index contributed by atoms with van der Waals surface area (Å²) in [7, 11) is 4.44. The van der Waals surface area contributed by atoms with Crippen molar-refractivity contribution < 1.29 is 31.9 Å². The fourth-order valence-electron chi connectivity index (χ4n) is 6.58. The van der Waals surface area contributed by atoms with E-state index in [-0.39, 0.29) is 24.9 Å². The van der Waals surface area contributed by atoms with Crippen LogP contribution in [0.5, 0.6) is 0 Å². The first kappa shape index (κ1) is 47.7. The standard InChI is InChI=1S/C39H81N3O3.ClH/c1-5-7-9-11-13-15-16-17-18-19-20-21-23-25-27-29-34-42(3,4)37-38(44)36-41(33-35-43)32-31-40-39(45)30-28-26-24-22-14-12-10-8-6-2;/h38,43-44H,5-37H2,1-4H3;1H. The van der Waals surface area contributed by atoms with E-state index < -0.39 is 6.10 Å². The number of hydrogen-bond acceptors (Lipinski definition) is 4. The summed E-state index contributed by atoms with van der Waals surface area (Å²) in [5.41, 5.74) is 0. The van der Waals surface area contributed by atoms with E-state index in [0.29, 0.717) is 39.1 Å². The number of carbonyl (C=O) groups excluding carboxylic acids is 1. The van der Waals surface area contributed by atoms with E-state index in [1.165, 1.54) is 148 Å². The zero-order valence-electron chi connectivity index (χ0n) is 31.5. The van der Waals surface area contributed by atoms with Crippen molar-refractivity contribution in [1.29, 1.82) is 0 Å². The van der Waals surface area contributed by atoms with Crippen LogP contribution in [-0.4, -0.2) is 91.6 Å². The summed E-state index contributed by atoms with van der Waals surface area (Å²) in [6.45, 7) is 8.70. The Balaban J connectivity index is 0. The van der Waals surface area contributed by atoms with Crippen LogP contribution in [0.4, 0.5) is 0 Å². The van der Waals surface area contributed by atoms with Crippen molar-refractivity contribution in [3.8, 4) is 0 Å². The molecule has 0 radical (unpaired) electrons. The minimum absolute atomic E-state index is 0. The molecule has 1 unspecified atom stereocenters. The van der Waals surface area contributed by atoms with Gasteiger partial charge < -0.3 is 32.4 Å². The normalized spacial score (nSPS) is 12.4. The Morgan fingerprint density at radius 2 is 1.02 bits per heavy atom. The molecule has 0 saturated heterocycles. The molecule has 0 saturated carbocycles. The number of aliphatic hydroxyl groups is 2. The largest absolute Gasteiger partial charge is 1.00 e. The van der Waals surface area contributed by atoms with Crippen molar-refractivity contribution in [2.45, 2.75) is 187 Å². The van der Waals surface area contributed by atoms with Gasteiger partial charge in [-0.25, -0.2) is 0 Å². The van der Waals surface area contributed by atoms with Gasteiger partial charge in [0.15, 0.2) is 0 Å². The molecule has 46 heavy (non-hydrogen) atoms. The molecule has 0 rings (SSSR count). The highest BCUT2D eigenvalue weighted by Gasteiger charge is 2.22. The predicted molar refractivity (Wildman–Crippen MR) is 196 cm³/mol. The number of rotatable bonds is 36. The van der Waals surface area contributed by atoms with Crippen LogP contribution < -0.4 is 17.7 Å². The van der Waals surface area contributed by atoms with E-state index in [1.54, 1.807) is 0 Å². The molecule has 0 heterocycles. The van der Waals surface area contributed by atoms with E-state index in [9.17, 15) is 15.0 Å². The van der Waals surface area contributed by atoms with Gasteiger partial charge in [0.25, 0.3) is 0 Å². The summed E-state index contributed by atoms with van der Waals surface area (Å²) in [6.07, 6.45) is 33.7. The topological polar surface area (TPSA) is 72.8 Å². The van der Waals surface area contributed by atoms with Crippen LogP contribution >= 0.6 is 0 Å². The molecule has 0 aromatic carbocycles. The maximum Gasteiger partial charge on any atom is 0.220 e. The fraction of sp³-hybridized carbons (Fsp3) is 0.974. The maximum absolute atomic E-state index is 12.3. The molecule has 1 atom stereocenters. The third-order valence-electron chi connectivity index (χ3n) is 9.46. The lowest BCUT2D eigenvalue weighted by atomic mass is 10.0. The molecule has 0 bridgehead atoms. The van der Waals surface area contributed by atoms with E-state index in [2.05, 4.69) is 38.2 Å². The Morgan fingerprint density at radius 1 is 0.630 bits per heavy atom. The molecule has 3 N–H and O–H groups in total. The van der Waals surface area contributed by atoms with E-state index in [0.717, 1.165) is 23.9 Å². The summed E-state index contributed by atoms with van der Waals surface area (Å²) in [6, 6.07) is 0. The lowest BCUT2D eigenvalue weighted by Gasteiger charge is -2.33. The molecular weight excluding hydrogens is 594 g/mol. The van der Waals surface area contributed by atoms with Crippen LogP contribution in [0.3, 0.4) is 0 Å². The Labute approximate surface area is 294 Å². The smallest absolute Gasteiger partial charge is 0.220 e. The number of nitrogens with zero attached hydrogens (tertiary/aromatic N) is 2. The Bertz CT molecular complexity index is 623. The van der Waals surface area contributed by atoms with Gasteiger partial charge >= 0.3 is 0 Å². The maximum atomic E-state index is 12.3. The number of hydrogen-bond donors (Lipinski definition) is 3. The molecule has 0 aliphatic heterocycles. The van der Waals surface area contributed by atoms with Gasteiger partial charge in [-0.3, -0.25) is 9.69 Å². The molecule has 0 aliphatic carbocycles.